The molecule has 0 aliphatic carbocycles. The van der Waals surface area contributed by atoms with E-state index in [1.54, 1.807) is 6.33 Å². The van der Waals surface area contributed by atoms with Crippen molar-refractivity contribution in [2.45, 2.75) is 26.1 Å². The number of benzene rings is 1. The Morgan fingerprint density at radius 3 is 2.71 bits per heavy atom. The van der Waals surface area contributed by atoms with E-state index in [9.17, 15) is 4.79 Å². The molecule has 0 fully saturated rings. The van der Waals surface area contributed by atoms with Crippen LogP contribution < -0.4 is 11.1 Å². The van der Waals surface area contributed by atoms with Gasteiger partial charge in [0.1, 0.15) is 17.2 Å². The number of imidazole rings is 1. The van der Waals surface area contributed by atoms with Gasteiger partial charge < -0.3 is 15.6 Å². The van der Waals surface area contributed by atoms with Gasteiger partial charge in [0.25, 0.3) is 5.91 Å². The minimum Gasteiger partial charge on any atom is -0.364 e. The summed E-state index contributed by atoms with van der Waals surface area (Å²) in [4.78, 5) is 20.2. The predicted octanol–water partition coefficient (Wildman–Crippen LogP) is 1.37. The molecule has 6 heteroatoms. The smallest absolute Gasteiger partial charge is 0.269 e. The van der Waals surface area contributed by atoms with E-state index in [0.717, 1.165) is 11.4 Å². The number of anilines is 1. The van der Waals surface area contributed by atoms with Crippen LogP contribution in [0.4, 0.5) is 5.82 Å². The monoisotopic (exact) mass is 283 g/mol. The summed E-state index contributed by atoms with van der Waals surface area (Å²) < 4.78 is 1.96. The molecule has 0 bridgehead atoms. The number of fused-ring (bicyclic) bond motifs is 1. The molecule has 108 valence electrons. The van der Waals surface area contributed by atoms with Gasteiger partial charge in [0.05, 0.1) is 12.9 Å². The van der Waals surface area contributed by atoms with E-state index in [4.69, 9.17) is 5.73 Å². The number of nitrogens with zero attached hydrogens (tertiary/aromatic N) is 3. The molecule has 6 nitrogen and oxygen atoms in total. The summed E-state index contributed by atoms with van der Waals surface area (Å²) in [7, 11) is 0. The van der Waals surface area contributed by atoms with Crippen LogP contribution in [0.1, 0.15) is 25.1 Å². The molecule has 21 heavy (non-hydrogen) atoms. The summed E-state index contributed by atoms with van der Waals surface area (Å²) in [5, 5.41) is 3.30. The van der Waals surface area contributed by atoms with E-state index in [2.05, 4.69) is 15.3 Å². The Labute approximate surface area is 122 Å². The minimum atomic E-state index is -0.591. The van der Waals surface area contributed by atoms with Crippen LogP contribution >= 0.6 is 0 Å². The van der Waals surface area contributed by atoms with Crippen molar-refractivity contribution in [3.63, 3.8) is 0 Å². The number of amides is 1. The number of aliphatic imine (C=N–C) groups is 1. The molecule has 1 aromatic carbocycles. The normalized spacial score (nSPS) is 15.8. The van der Waals surface area contributed by atoms with Crippen LogP contribution in [0.2, 0.25) is 0 Å². The van der Waals surface area contributed by atoms with E-state index in [0.29, 0.717) is 12.2 Å². The molecule has 3 N–H and O–H groups in total. The Hall–Kier alpha value is -2.63. The Kier molecular flexibility index (Phi) is 3.01. The zero-order valence-electron chi connectivity index (χ0n) is 12.0. The summed E-state index contributed by atoms with van der Waals surface area (Å²) in [5.41, 5.74) is 6.71. The van der Waals surface area contributed by atoms with Crippen molar-refractivity contribution in [2.75, 3.05) is 5.32 Å². The van der Waals surface area contributed by atoms with Crippen LogP contribution in [0, 0.1) is 0 Å². The molecule has 0 spiro atoms. The Morgan fingerprint density at radius 1 is 1.33 bits per heavy atom. The maximum absolute atomic E-state index is 11.6. The van der Waals surface area contributed by atoms with Gasteiger partial charge in [0.15, 0.2) is 5.71 Å². The Balaban J connectivity index is 2.02. The van der Waals surface area contributed by atoms with Gasteiger partial charge in [-0.05, 0) is 19.4 Å². The van der Waals surface area contributed by atoms with E-state index in [1.165, 1.54) is 0 Å². The average molecular weight is 283 g/mol. The maximum Gasteiger partial charge on any atom is 0.269 e. The zero-order valence-corrected chi connectivity index (χ0v) is 12.0. The van der Waals surface area contributed by atoms with Gasteiger partial charge in [0, 0.05) is 0 Å². The van der Waals surface area contributed by atoms with Gasteiger partial charge in [-0.2, -0.15) is 0 Å². The third-order valence-corrected chi connectivity index (χ3v) is 3.31. The molecular formula is C15H17N5O. The standard InChI is InChI=1S/C15H17N5O/c1-15(2)18-11(13(16)21)12-14(19-15)20(9-17-12)8-10-6-4-3-5-7-10/h3-7,9,19H,8H2,1-2H3,(H2,16,21). The highest BCUT2D eigenvalue weighted by Gasteiger charge is 2.31. The Morgan fingerprint density at radius 2 is 2.05 bits per heavy atom. The molecule has 1 amide bonds. The highest BCUT2D eigenvalue weighted by atomic mass is 16.1. The molecule has 0 unspecified atom stereocenters. The number of nitrogens with two attached hydrogens (primary N) is 1. The summed E-state index contributed by atoms with van der Waals surface area (Å²) in [6, 6.07) is 10.1. The SMILES string of the molecule is CC1(C)N=C(C(N)=O)c2ncn(Cc3ccccc3)c2N1. The number of aromatic nitrogens is 2. The van der Waals surface area contributed by atoms with E-state index < -0.39 is 11.6 Å². The first-order valence-electron chi connectivity index (χ1n) is 6.73. The molecule has 2 aromatic rings. The Bertz CT molecular complexity index is 715. The van der Waals surface area contributed by atoms with Crippen molar-refractivity contribution < 1.29 is 4.79 Å². The lowest BCUT2D eigenvalue weighted by Gasteiger charge is -2.29. The van der Waals surface area contributed by atoms with Gasteiger partial charge in [-0.3, -0.25) is 4.79 Å². The summed E-state index contributed by atoms with van der Waals surface area (Å²) in [5.74, 6) is 0.212. The number of carbonyl (C=O) groups is 1. The number of carbonyl (C=O) groups excluding carboxylic acids is 1. The number of nitrogens with one attached hydrogen (secondary N) is 1. The topological polar surface area (TPSA) is 85.3 Å². The van der Waals surface area contributed by atoms with Gasteiger partial charge >= 0.3 is 0 Å². The van der Waals surface area contributed by atoms with E-state index in [-0.39, 0.29) is 5.71 Å². The molecule has 1 aromatic heterocycles. The second-order valence-electron chi connectivity index (χ2n) is 5.56. The fraction of sp³-hybridized carbons (Fsp3) is 0.267. The molecule has 1 aliphatic heterocycles. The molecule has 1 aliphatic rings. The molecule has 0 saturated heterocycles. The number of rotatable bonds is 3. The summed E-state index contributed by atoms with van der Waals surface area (Å²) in [6.07, 6.45) is 1.70. The molecule has 0 radical (unpaired) electrons. The second kappa shape index (κ2) is 4.73. The van der Waals surface area contributed by atoms with Crippen molar-refractivity contribution in [1.82, 2.24) is 9.55 Å². The first kappa shape index (κ1) is 13.4. The van der Waals surface area contributed by atoms with Gasteiger partial charge in [0.2, 0.25) is 0 Å². The maximum atomic E-state index is 11.6. The number of hydrogen-bond donors (Lipinski definition) is 2. The van der Waals surface area contributed by atoms with E-state index >= 15 is 0 Å². The quantitative estimate of drug-likeness (QED) is 0.892. The highest BCUT2D eigenvalue weighted by Crippen LogP contribution is 2.27. The molecule has 3 rings (SSSR count). The fourth-order valence-electron chi connectivity index (χ4n) is 2.41. The molecule has 2 heterocycles. The lowest BCUT2D eigenvalue weighted by Crippen LogP contribution is -2.39. The first-order chi connectivity index (χ1) is 9.96. The van der Waals surface area contributed by atoms with Crippen molar-refractivity contribution in [3.8, 4) is 0 Å². The fourth-order valence-corrected chi connectivity index (χ4v) is 2.41. The molecule has 0 saturated carbocycles. The van der Waals surface area contributed by atoms with Crippen LogP contribution in [0.25, 0.3) is 0 Å². The van der Waals surface area contributed by atoms with Crippen LogP contribution in [-0.2, 0) is 11.3 Å². The first-order valence-corrected chi connectivity index (χ1v) is 6.73. The summed E-state index contributed by atoms with van der Waals surface area (Å²) in [6.45, 7) is 4.44. The highest BCUT2D eigenvalue weighted by molar-refractivity contribution is 6.45. The molecule has 0 atom stereocenters. The van der Waals surface area contributed by atoms with Crippen molar-refractivity contribution in [2.24, 2.45) is 10.7 Å². The lowest BCUT2D eigenvalue weighted by atomic mass is 10.1. The van der Waals surface area contributed by atoms with Gasteiger partial charge in [-0.25, -0.2) is 9.98 Å². The van der Waals surface area contributed by atoms with Crippen molar-refractivity contribution in [1.29, 1.82) is 0 Å². The van der Waals surface area contributed by atoms with Crippen molar-refractivity contribution in [3.05, 3.63) is 47.9 Å². The van der Waals surface area contributed by atoms with Crippen LogP contribution in [0.15, 0.2) is 41.7 Å². The largest absolute Gasteiger partial charge is 0.364 e. The van der Waals surface area contributed by atoms with Gasteiger partial charge in [-0.1, -0.05) is 30.3 Å². The van der Waals surface area contributed by atoms with E-state index in [1.807, 2.05) is 48.7 Å². The summed E-state index contributed by atoms with van der Waals surface area (Å²) >= 11 is 0. The second-order valence-corrected chi connectivity index (χ2v) is 5.56. The van der Waals surface area contributed by atoms with Crippen LogP contribution in [0.3, 0.4) is 0 Å². The van der Waals surface area contributed by atoms with Crippen LogP contribution in [-0.4, -0.2) is 26.8 Å². The van der Waals surface area contributed by atoms with Gasteiger partial charge in [-0.15, -0.1) is 0 Å². The van der Waals surface area contributed by atoms with Crippen LogP contribution in [0.5, 0.6) is 0 Å². The third-order valence-electron chi connectivity index (χ3n) is 3.31. The average Bonchev–Trinajstić information content (AvgIpc) is 2.80. The molecular weight excluding hydrogens is 266 g/mol. The minimum absolute atomic E-state index is 0.223. The zero-order chi connectivity index (χ0) is 15.0. The lowest BCUT2D eigenvalue weighted by molar-refractivity contribution is -0.112. The van der Waals surface area contributed by atoms with Crippen molar-refractivity contribution >= 4 is 17.4 Å². The third kappa shape index (κ3) is 2.52. The predicted molar refractivity (Wildman–Crippen MR) is 81.2 cm³/mol. The number of hydrogen-bond acceptors (Lipinski definition) is 4. The number of primary amides is 1.